The first-order valence-corrected chi connectivity index (χ1v) is 14.0. The van der Waals surface area contributed by atoms with Crippen LogP contribution in [0.2, 0.25) is 0 Å². The van der Waals surface area contributed by atoms with Gasteiger partial charge in [-0.15, -0.1) is 11.3 Å². The lowest BCUT2D eigenvalue weighted by Crippen LogP contribution is -2.31. The van der Waals surface area contributed by atoms with Gasteiger partial charge in [0.2, 0.25) is 0 Å². The van der Waals surface area contributed by atoms with Gasteiger partial charge in [-0.2, -0.15) is 5.10 Å². The molecule has 3 heterocycles. The molecule has 0 saturated carbocycles. The van der Waals surface area contributed by atoms with E-state index < -0.39 is 0 Å². The van der Waals surface area contributed by atoms with Gasteiger partial charge < -0.3 is 10.2 Å². The van der Waals surface area contributed by atoms with Crippen molar-refractivity contribution in [3.05, 3.63) is 76.5 Å². The minimum Gasteiger partial charge on any atom is -0.366 e. The summed E-state index contributed by atoms with van der Waals surface area (Å²) < 4.78 is 1.80. The van der Waals surface area contributed by atoms with Crippen LogP contribution in [0.4, 0.5) is 0 Å². The monoisotopic (exact) mass is 518 g/mol. The second kappa shape index (κ2) is 13.9. The van der Waals surface area contributed by atoms with Crippen LogP contribution in [-0.4, -0.2) is 39.0 Å². The number of allylic oxidation sites excluding steroid dienone is 5. The van der Waals surface area contributed by atoms with Gasteiger partial charge in [-0.3, -0.25) is 9.67 Å². The summed E-state index contributed by atoms with van der Waals surface area (Å²) in [6, 6.07) is 0. The first-order chi connectivity index (χ1) is 17.8. The zero-order valence-corrected chi connectivity index (χ0v) is 24.2. The predicted molar refractivity (Wildman–Crippen MR) is 159 cm³/mol. The fourth-order valence-electron chi connectivity index (χ4n) is 4.05. The minimum absolute atomic E-state index is 0.901. The van der Waals surface area contributed by atoms with E-state index in [0.29, 0.717) is 0 Å². The van der Waals surface area contributed by atoms with Gasteiger partial charge in [0.05, 0.1) is 11.1 Å². The minimum atomic E-state index is 0.901. The Labute approximate surface area is 226 Å². The van der Waals surface area contributed by atoms with Crippen molar-refractivity contribution in [2.75, 3.05) is 13.1 Å². The number of aliphatic imine (C=N–C) groups is 1. The molecule has 1 N–H and O–H groups in total. The molecule has 0 fully saturated rings. The highest BCUT2D eigenvalue weighted by Crippen LogP contribution is 2.32. The molecule has 2 aliphatic rings. The number of rotatable bonds is 8. The Bertz CT molecular complexity index is 1220. The van der Waals surface area contributed by atoms with Crippen molar-refractivity contribution < 1.29 is 0 Å². The summed E-state index contributed by atoms with van der Waals surface area (Å²) in [5.74, 6) is 0. The Hall–Kier alpha value is -3.19. The Morgan fingerprint density at radius 2 is 2.05 bits per heavy atom. The number of nitrogens with one attached hydrogen (secondary N) is 1. The normalized spacial score (nSPS) is 15.7. The summed E-state index contributed by atoms with van der Waals surface area (Å²) in [6.07, 6.45) is 19.8. The molecular weight excluding hydrogens is 476 g/mol. The molecule has 0 aromatic carbocycles. The van der Waals surface area contributed by atoms with Gasteiger partial charge in [-0.25, -0.2) is 4.98 Å². The van der Waals surface area contributed by atoms with E-state index in [2.05, 4.69) is 84.8 Å². The van der Waals surface area contributed by atoms with Crippen LogP contribution < -0.4 is 5.32 Å². The largest absolute Gasteiger partial charge is 0.366 e. The molecule has 1 aliphatic heterocycles. The van der Waals surface area contributed by atoms with Crippen LogP contribution in [0.3, 0.4) is 0 Å². The highest BCUT2D eigenvalue weighted by atomic mass is 32.1. The maximum atomic E-state index is 4.54. The Morgan fingerprint density at radius 3 is 2.70 bits per heavy atom. The van der Waals surface area contributed by atoms with Gasteiger partial charge in [-0.05, 0) is 64.3 Å². The van der Waals surface area contributed by atoms with Gasteiger partial charge in [0.1, 0.15) is 5.01 Å². The molecule has 0 unspecified atom stereocenters. The van der Waals surface area contributed by atoms with E-state index in [1.807, 2.05) is 31.9 Å². The third kappa shape index (κ3) is 8.42. The Balaban J connectivity index is 0.000000266. The van der Waals surface area contributed by atoms with Crippen molar-refractivity contribution in [3.63, 3.8) is 0 Å². The molecule has 2 aromatic heterocycles. The number of thiazole rings is 1. The fraction of sp³-hybridized carbons (Fsp3) is 0.433. The molecule has 198 valence electrons. The van der Waals surface area contributed by atoms with E-state index in [4.69, 9.17) is 0 Å². The maximum Gasteiger partial charge on any atom is 0.127 e. The van der Waals surface area contributed by atoms with E-state index in [-0.39, 0.29) is 0 Å². The smallest absolute Gasteiger partial charge is 0.127 e. The molecule has 7 heteroatoms. The summed E-state index contributed by atoms with van der Waals surface area (Å²) in [5.41, 5.74) is 8.66. The lowest BCUT2D eigenvalue weighted by Gasteiger charge is -2.32. The third-order valence-electron chi connectivity index (χ3n) is 6.27. The van der Waals surface area contributed by atoms with Crippen LogP contribution in [0.25, 0.3) is 16.3 Å². The summed E-state index contributed by atoms with van der Waals surface area (Å²) in [5, 5.41) is 8.64. The molecule has 0 bridgehead atoms. The number of unbranched alkanes of at least 4 members (excludes halogenated alkanes) is 1. The first kappa shape index (κ1) is 28.4. The molecule has 0 atom stereocenters. The highest BCUT2D eigenvalue weighted by molar-refractivity contribution is 7.16. The molecule has 37 heavy (non-hydrogen) atoms. The van der Waals surface area contributed by atoms with E-state index >= 15 is 0 Å². The lowest BCUT2D eigenvalue weighted by atomic mass is 10.1. The number of hydrogen-bond donors (Lipinski definition) is 1. The molecule has 4 rings (SSSR count). The maximum absolute atomic E-state index is 4.54. The van der Waals surface area contributed by atoms with Crippen molar-refractivity contribution >= 4 is 23.2 Å². The van der Waals surface area contributed by atoms with Gasteiger partial charge in [0, 0.05) is 67.8 Å². The van der Waals surface area contributed by atoms with Gasteiger partial charge in [0.15, 0.2) is 0 Å². The first-order valence-electron chi connectivity index (χ1n) is 13.1. The summed E-state index contributed by atoms with van der Waals surface area (Å²) >= 11 is 1.67. The summed E-state index contributed by atoms with van der Waals surface area (Å²) in [7, 11) is 1.92. The zero-order valence-electron chi connectivity index (χ0n) is 23.3. The van der Waals surface area contributed by atoms with Crippen LogP contribution >= 0.6 is 11.3 Å². The SMILES string of the molecule is C=C(c1cnc(-c2cnn(C)c2)s1)N1CCC(NC=C(C)C)=C(C)C1.CCCC=NC1=C(C)C=CCC1. The molecule has 0 radical (unpaired) electrons. The average Bonchev–Trinajstić information content (AvgIpc) is 3.54. The number of hydrogen-bond acceptors (Lipinski definition) is 6. The Kier molecular flexibility index (Phi) is 10.7. The molecule has 0 amide bonds. The van der Waals surface area contributed by atoms with Crippen molar-refractivity contribution in [3.8, 4) is 10.6 Å². The van der Waals surface area contributed by atoms with Crippen LogP contribution in [0.15, 0.2) is 76.6 Å². The number of nitrogens with zero attached hydrogens (tertiary/aromatic N) is 5. The van der Waals surface area contributed by atoms with Gasteiger partial charge in [-0.1, -0.05) is 37.6 Å². The molecular formula is C30H42N6S. The standard InChI is InChI=1S/C19H25N5S.C11H17N/c1-13(2)8-20-17-6-7-24(11-14(17)3)15(4)18-10-21-19(25-18)16-9-22-23(5)12-16;1-3-4-9-12-11-8-6-5-7-10(11)2/h8-10,12,20H,4,6-7,11H2,1-3,5H3;5,7,9H,3-4,6,8H2,1-2H3. The highest BCUT2D eigenvalue weighted by Gasteiger charge is 2.19. The van der Waals surface area contributed by atoms with Crippen LogP contribution in [0.5, 0.6) is 0 Å². The van der Waals surface area contributed by atoms with E-state index in [1.165, 1.54) is 34.5 Å². The quantitative estimate of drug-likeness (QED) is 0.368. The van der Waals surface area contributed by atoms with Crippen LogP contribution in [0, 0.1) is 0 Å². The summed E-state index contributed by atoms with van der Waals surface area (Å²) in [6.45, 7) is 16.9. The van der Waals surface area contributed by atoms with Crippen LogP contribution in [-0.2, 0) is 7.05 Å². The lowest BCUT2D eigenvalue weighted by molar-refractivity contribution is 0.405. The molecule has 0 saturated heterocycles. The van der Waals surface area contributed by atoms with E-state index in [9.17, 15) is 0 Å². The van der Waals surface area contributed by atoms with E-state index in [0.717, 1.165) is 59.9 Å². The van der Waals surface area contributed by atoms with Gasteiger partial charge >= 0.3 is 0 Å². The van der Waals surface area contributed by atoms with Crippen molar-refractivity contribution in [1.82, 2.24) is 25.0 Å². The zero-order chi connectivity index (χ0) is 26.8. The van der Waals surface area contributed by atoms with Crippen molar-refractivity contribution in [1.29, 1.82) is 0 Å². The van der Waals surface area contributed by atoms with Crippen molar-refractivity contribution in [2.45, 2.75) is 66.7 Å². The molecule has 1 aliphatic carbocycles. The topological polar surface area (TPSA) is 58.3 Å². The van der Waals surface area contributed by atoms with Crippen LogP contribution in [0.1, 0.15) is 71.6 Å². The Morgan fingerprint density at radius 1 is 1.24 bits per heavy atom. The second-order valence-electron chi connectivity index (χ2n) is 9.85. The summed E-state index contributed by atoms with van der Waals surface area (Å²) in [4.78, 5) is 12.5. The second-order valence-corrected chi connectivity index (χ2v) is 10.9. The predicted octanol–water partition coefficient (Wildman–Crippen LogP) is 7.49. The molecule has 2 aromatic rings. The van der Waals surface area contributed by atoms with Gasteiger partial charge in [0.25, 0.3) is 0 Å². The molecule has 0 spiro atoms. The van der Waals surface area contributed by atoms with E-state index in [1.54, 1.807) is 16.0 Å². The molecule has 6 nitrogen and oxygen atoms in total. The average molecular weight is 519 g/mol. The fourth-order valence-corrected chi connectivity index (χ4v) is 4.94. The number of aryl methyl sites for hydroxylation is 1. The third-order valence-corrected chi connectivity index (χ3v) is 7.36. The van der Waals surface area contributed by atoms with Crippen molar-refractivity contribution in [2.24, 2.45) is 12.0 Å². The number of aromatic nitrogens is 3.